The highest BCUT2D eigenvalue weighted by atomic mass is 19.1. The minimum Gasteiger partial charge on any atom is -0.295 e. The number of aryl methyl sites for hydroxylation is 1. The lowest BCUT2D eigenvalue weighted by Crippen LogP contribution is -2.54. The minimum absolute atomic E-state index is 0.00954. The Morgan fingerprint density at radius 2 is 1.81 bits per heavy atom. The predicted octanol–water partition coefficient (Wildman–Crippen LogP) is 0.535. The Morgan fingerprint density at radius 3 is 2.43 bits per heavy atom. The van der Waals surface area contributed by atoms with Gasteiger partial charge in [0.1, 0.15) is 11.9 Å². The number of hydrogen-bond donors (Lipinski definition) is 1. The van der Waals surface area contributed by atoms with Crippen LogP contribution in [0.2, 0.25) is 0 Å². The van der Waals surface area contributed by atoms with E-state index in [1.54, 1.807) is 6.92 Å². The zero-order valence-electron chi connectivity index (χ0n) is 11.1. The van der Waals surface area contributed by atoms with Crippen molar-refractivity contribution >= 4 is 23.6 Å². The number of fused-ring (bicyclic) bond motifs is 1. The Balaban J connectivity index is 2.05. The van der Waals surface area contributed by atoms with Crippen LogP contribution in [0.1, 0.15) is 39.1 Å². The van der Waals surface area contributed by atoms with Crippen LogP contribution >= 0.6 is 0 Å². The number of nitrogens with zero attached hydrogens (tertiary/aromatic N) is 1. The van der Waals surface area contributed by atoms with Crippen LogP contribution in [0.15, 0.2) is 12.1 Å². The molecule has 0 aromatic heterocycles. The van der Waals surface area contributed by atoms with Crippen molar-refractivity contribution in [2.75, 3.05) is 0 Å². The highest BCUT2D eigenvalue weighted by molar-refractivity contribution is 6.24. The Morgan fingerprint density at radius 1 is 1.14 bits per heavy atom. The number of piperidine rings is 1. The van der Waals surface area contributed by atoms with Gasteiger partial charge in [0.15, 0.2) is 0 Å². The Kier molecular flexibility index (Phi) is 2.86. The number of imide groups is 2. The number of rotatable bonds is 1. The first-order chi connectivity index (χ1) is 9.91. The second kappa shape index (κ2) is 4.47. The van der Waals surface area contributed by atoms with E-state index in [4.69, 9.17) is 0 Å². The van der Waals surface area contributed by atoms with Crippen molar-refractivity contribution in [1.29, 1.82) is 0 Å². The molecule has 1 N–H and O–H groups in total. The summed E-state index contributed by atoms with van der Waals surface area (Å²) < 4.78 is 13.8. The summed E-state index contributed by atoms with van der Waals surface area (Å²) in [5, 5.41) is 2.09. The van der Waals surface area contributed by atoms with E-state index in [1.165, 1.54) is 6.07 Å². The first-order valence-corrected chi connectivity index (χ1v) is 6.42. The fourth-order valence-corrected chi connectivity index (χ4v) is 2.71. The van der Waals surface area contributed by atoms with E-state index in [0.29, 0.717) is 5.56 Å². The number of benzene rings is 1. The average molecular weight is 290 g/mol. The van der Waals surface area contributed by atoms with E-state index in [9.17, 15) is 23.6 Å². The first kappa shape index (κ1) is 13.4. The maximum Gasteiger partial charge on any atom is 0.265 e. The molecule has 1 aromatic rings. The molecular formula is C14H11FN2O4. The molecule has 2 heterocycles. The van der Waals surface area contributed by atoms with E-state index >= 15 is 0 Å². The van der Waals surface area contributed by atoms with E-state index in [0.717, 1.165) is 11.0 Å². The van der Waals surface area contributed by atoms with Crippen LogP contribution in [-0.4, -0.2) is 34.6 Å². The number of amides is 4. The first-order valence-electron chi connectivity index (χ1n) is 6.42. The van der Waals surface area contributed by atoms with Crippen molar-refractivity contribution in [3.63, 3.8) is 0 Å². The third-order valence-corrected chi connectivity index (χ3v) is 3.75. The molecule has 0 radical (unpaired) electrons. The maximum atomic E-state index is 13.8. The Labute approximate surface area is 118 Å². The summed E-state index contributed by atoms with van der Waals surface area (Å²) in [6, 6.07) is 1.45. The number of hydrogen-bond acceptors (Lipinski definition) is 4. The molecule has 1 fully saturated rings. The second-order valence-corrected chi connectivity index (χ2v) is 5.06. The van der Waals surface area contributed by atoms with Gasteiger partial charge < -0.3 is 0 Å². The van der Waals surface area contributed by atoms with Gasteiger partial charge in [-0.3, -0.25) is 29.4 Å². The lowest BCUT2D eigenvalue weighted by atomic mass is 10.0. The third-order valence-electron chi connectivity index (χ3n) is 3.75. The van der Waals surface area contributed by atoms with Crippen molar-refractivity contribution in [2.24, 2.45) is 0 Å². The predicted molar refractivity (Wildman–Crippen MR) is 67.8 cm³/mol. The highest BCUT2D eigenvalue weighted by Gasteiger charge is 2.46. The van der Waals surface area contributed by atoms with Gasteiger partial charge in [0, 0.05) is 6.42 Å². The molecule has 6 nitrogen and oxygen atoms in total. The summed E-state index contributed by atoms with van der Waals surface area (Å²) in [7, 11) is 0. The fraction of sp³-hybridized carbons (Fsp3) is 0.286. The highest BCUT2D eigenvalue weighted by Crippen LogP contribution is 2.31. The van der Waals surface area contributed by atoms with Crippen LogP contribution in [0.25, 0.3) is 0 Å². The molecule has 0 spiro atoms. The van der Waals surface area contributed by atoms with Crippen molar-refractivity contribution in [1.82, 2.24) is 10.2 Å². The van der Waals surface area contributed by atoms with Crippen LogP contribution in [0.4, 0.5) is 4.39 Å². The second-order valence-electron chi connectivity index (χ2n) is 5.06. The van der Waals surface area contributed by atoms with Gasteiger partial charge in [-0.05, 0) is 25.0 Å². The zero-order valence-corrected chi connectivity index (χ0v) is 11.1. The summed E-state index contributed by atoms with van der Waals surface area (Å²) >= 11 is 0. The molecule has 1 saturated heterocycles. The van der Waals surface area contributed by atoms with Crippen molar-refractivity contribution in [3.8, 4) is 0 Å². The molecule has 0 unspecified atom stereocenters. The summed E-state index contributed by atoms with van der Waals surface area (Å²) in [6.07, 6.45) is 0.0854. The summed E-state index contributed by atoms with van der Waals surface area (Å²) in [5.74, 6) is -3.47. The van der Waals surface area contributed by atoms with Crippen LogP contribution < -0.4 is 5.32 Å². The zero-order chi connectivity index (χ0) is 15.3. The maximum absolute atomic E-state index is 13.8. The van der Waals surface area contributed by atoms with Crippen LogP contribution in [0.5, 0.6) is 0 Å². The number of halogens is 1. The van der Waals surface area contributed by atoms with E-state index < -0.39 is 35.5 Å². The van der Waals surface area contributed by atoms with Gasteiger partial charge in [0.05, 0.1) is 11.1 Å². The topological polar surface area (TPSA) is 83.6 Å². The van der Waals surface area contributed by atoms with Gasteiger partial charge >= 0.3 is 0 Å². The average Bonchev–Trinajstić information content (AvgIpc) is 2.68. The molecule has 21 heavy (non-hydrogen) atoms. The summed E-state index contributed by atoms with van der Waals surface area (Å²) in [6.45, 7) is 1.59. The number of carbonyl (C=O) groups excluding carboxylic acids is 4. The van der Waals surface area contributed by atoms with Gasteiger partial charge in [0.25, 0.3) is 11.8 Å². The van der Waals surface area contributed by atoms with Gasteiger partial charge in [-0.1, -0.05) is 6.07 Å². The van der Waals surface area contributed by atoms with E-state index in [1.807, 2.05) is 0 Å². The normalized spacial score (nSPS) is 21.6. The van der Waals surface area contributed by atoms with Gasteiger partial charge in [0.2, 0.25) is 11.8 Å². The number of nitrogens with one attached hydrogen (secondary N) is 1. The molecule has 1 atom stereocenters. The van der Waals surface area contributed by atoms with Gasteiger partial charge in [-0.15, -0.1) is 0 Å². The lowest BCUT2D eigenvalue weighted by Gasteiger charge is -2.27. The monoisotopic (exact) mass is 290 g/mol. The van der Waals surface area contributed by atoms with Gasteiger partial charge in [-0.2, -0.15) is 0 Å². The third kappa shape index (κ3) is 1.84. The molecule has 0 aliphatic carbocycles. The molecule has 2 aliphatic heterocycles. The minimum atomic E-state index is -1.08. The van der Waals surface area contributed by atoms with Crippen molar-refractivity contribution in [2.45, 2.75) is 25.8 Å². The fourth-order valence-electron chi connectivity index (χ4n) is 2.71. The van der Waals surface area contributed by atoms with E-state index in [-0.39, 0.29) is 24.0 Å². The smallest absolute Gasteiger partial charge is 0.265 e. The summed E-state index contributed by atoms with van der Waals surface area (Å²) in [4.78, 5) is 48.4. The van der Waals surface area contributed by atoms with E-state index in [2.05, 4.69) is 5.32 Å². The van der Waals surface area contributed by atoms with Crippen LogP contribution in [0, 0.1) is 12.7 Å². The van der Waals surface area contributed by atoms with Crippen LogP contribution in [0.3, 0.4) is 0 Å². The molecule has 108 valence electrons. The molecule has 0 bridgehead atoms. The molecule has 7 heteroatoms. The molecule has 1 aromatic carbocycles. The SMILES string of the molecule is Cc1ccc(F)c2c1C(=O)N([C@H]1CCC(=O)NC1=O)C2=O. The van der Waals surface area contributed by atoms with Gasteiger partial charge in [-0.25, -0.2) is 4.39 Å². The Bertz CT molecular complexity index is 672. The largest absolute Gasteiger partial charge is 0.295 e. The summed E-state index contributed by atoms with van der Waals surface area (Å²) in [5.41, 5.74) is 0.161. The molecule has 4 amide bonds. The molecule has 2 aliphatic rings. The standard InChI is InChI=1S/C14H11FN2O4/c1-6-2-3-7(15)11-10(6)13(20)17(14(11)21)8-4-5-9(18)16-12(8)19/h2-3,8H,4-5H2,1H3,(H,16,18,19)/t8-/m0/s1. The lowest BCUT2D eigenvalue weighted by molar-refractivity contribution is -0.136. The number of carbonyl (C=O) groups is 4. The molecule has 0 saturated carbocycles. The van der Waals surface area contributed by atoms with Crippen LogP contribution in [-0.2, 0) is 9.59 Å². The van der Waals surface area contributed by atoms with Crippen molar-refractivity contribution in [3.05, 3.63) is 34.6 Å². The Hall–Kier alpha value is -2.57. The quantitative estimate of drug-likeness (QED) is 0.765. The molecule has 3 rings (SSSR count). The van der Waals surface area contributed by atoms with Crippen molar-refractivity contribution < 1.29 is 23.6 Å². The molecular weight excluding hydrogens is 279 g/mol.